The standard InChI is InChI=1S/C13H13ClN2/c1-2-9-7-13(15)16-8-11(9)10-5-3-4-6-12(10)14/h3-8H,2H2,1H3,(H2,15,16). The number of anilines is 1. The first-order chi connectivity index (χ1) is 7.72. The lowest BCUT2D eigenvalue weighted by atomic mass is 10.0. The minimum atomic E-state index is 0.549. The predicted octanol–water partition coefficient (Wildman–Crippen LogP) is 3.55. The van der Waals surface area contributed by atoms with E-state index in [0.29, 0.717) is 5.82 Å². The van der Waals surface area contributed by atoms with Crippen LogP contribution >= 0.6 is 11.6 Å². The summed E-state index contributed by atoms with van der Waals surface area (Å²) in [5, 5.41) is 0.740. The van der Waals surface area contributed by atoms with E-state index < -0.39 is 0 Å². The Morgan fingerprint density at radius 2 is 2.00 bits per heavy atom. The van der Waals surface area contributed by atoms with Crippen LogP contribution in [-0.4, -0.2) is 4.98 Å². The van der Waals surface area contributed by atoms with Crippen LogP contribution in [0.4, 0.5) is 5.82 Å². The summed E-state index contributed by atoms with van der Waals surface area (Å²) in [6.45, 7) is 2.09. The minimum Gasteiger partial charge on any atom is -0.384 e. The maximum absolute atomic E-state index is 6.17. The van der Waals surface area contributed by atoms with Crippen molar-refractivity contribution in [1.82, 2.24) is 4.98 Å². The fraction of sp³-hybridized carbons (Fsp3) is 0.154. The lowest BCUT2D eigenvalue weighted by Gasteiger charge is -2.09. The zero-order valence-corrected chi connectivity index (χ0v) is 9.83. The van der Waals surface area contributed by atoms with Gasteiger partial charge in [-0.05, 0) is 24.1 Å². The fourth-order valence-electron chi connectivity index (χ4n) is 1.73. The van der Waals surface area contributed by atoms with Crippen molar-refractivity contribution in [3.8, 4) is 11.1 Å². The average molecular weight is 233 g/mol. The molecule has 16 heavy (non-hydrogen) atoms. The van der Waals surface area contributed by atoms with Gasteiger partial charge in [-0.25, -0.2) is 4.98 Å². The molecule has 0 aliphatic rings. The first kappa shape index (κ1) is 11.0. The van der Waals surface area contributed by atoms with E-state index in [1.165, 1.54) is 5.56 Å². The van der Waals surface area contributed by atoms with E-state index in [1.54, 1.807) is 6.20 Å². The number of nitrogen functional groups attached to an aromatic ring is 1. The number of halogens is 1. The number of hydrogen-bond donors (Lipinski definition) is 1. The van der Waals surface area contributed by atoms with Gasteiger partial charge >= 0.3 is 0 Å². The molecule has 1 aromatic heterocycles. The Bertz CT molecular complexity index is 509. The van der Waals surface area contributed by atoms with Crippen LogP contribution in [0, 0.1) is 0 Å². The summed E-state index contributed by atoms with van der Waals surface area (Å²) in [4.78, 5) is 4.12. The quantitative estimate of drug-likeness (QED) is 0.860. The van der Waals surface area contributed by atoms with Gasteiger partial charge in [-0.3, -0.25) is 0 Å². The van der Waals surface area contributed by atoms with Crippen molar-refractivity contribution in [2.45, 2.75) is 13.3 Å². The zero-order valence-electron chi connectivity index (χ0n) is 9.07. The number of benzene rings is 1. The number of nitrogens with two attached hydrogens (primary N) is 1. The molecule has 0 fully saturated rings. The lowest BCUT2D eigenvalue weighted by Crippen LogP contribution is -1.95. The SMILES string of the molecule is CCc1cc(N)ncc1-c1ccccc1Cl. The first-order valence-electron chi connectivity index (χ1n) is 5.21. The van der Waals surface area contributed by atoms with Gasteiger partial charge in [0.15, 0.2) is 0 Å². The molecular weight excluding hydrogens is 220 g/mol. The van der Waals surface area contributed by atoms with E-state index >= 15 is 0 Å². The van der Waals surface area contributed by atoms with Gasteiger partial charge in [-0.2, -0.15) is 0 Å². The van der Waals surface area contributed by atoms with Crippen LogP contribution in [0.25, 0.3) is 11.1 Å². The summed E-state index contributed by atoms with van der Waals surface area (Å²) < 4.78 is 0. The zero-order chi connectivity index (χ0) is 11.5. The average Bonchev–Trinajstić information content (AvgIpc) is 2.30. The topological polar surface area (TPSA) is 38.9 Å². The van der Waals surface area contributed by atoms with Crippen LogP contribution in [0.15, 0.2) is 36.5 Å². The second-order valence-corrected chi connectivity index (χ2v) is 4.01. The molecule has 0 bridgehead atoms. The van der Waals surface area contributed by atoms with E-state index in [4.69, 9.17) is 17.3 Å². The van der Waals surface area contributed by atoms with E-state index in [2.05, 4.69) is 11.9 Å². The number of hydrogen-bond acceptors (Lipinski definition) is 2. The Morgan fingerprint density at radius 1 is 1.25 bits per heavy atom. The molecule has 0 aliphatic heterocycles. The molecule has 0 spiro atoms. The highest BCUT2D eigenvalue weighted by molar-refractivity contribution is 6.33. The normalized spacial score (nSPS) is 10.4. The van der Waals surface area contributed by atoms with Crippen molar-refractivity contribution in [1.29, 1.82) is 0 Å². The summed E-state index contributed by atoms with van der Waals surface area (Å²) in [5.74, 6) is 0.549. The molecule has 0 radical (unpaired) electrons. The lowest BCUT2D eigenvalue weighted by molar-refractivity contribution is 1.12. The highest BCUT2D eigenvalue weighted by Crippen LogP contribution is 2.30. The van der Waals surface area contributed by atoms with E-state index in [9.17, 15) is 0 Å². The van der Waals surface area contributed by atoms with Crippen molar-refractivity contribution in [3.63, 3.8) is 0 Å². The molecule has 0 atom stereocenters. The van der Waals surface area contributed by atoms with Gasteiger partial charge in [0, 0.05) is 22.3 Å². The number of nitrogens with zero attached hydrogens (tertiary/aromatic N) is 1. The van der Waals surface area contributed by atoms with Crippen LogP contribution in [0.3, 0.4) is 0 Å². The summed E-state index contributed by atoms with van der Waals surface area (Å²) >= 11 is 6.17. The molecule has 0 amide bonds. The molecule has 2 nitrogen and oxygen atoms in total. The highest BCUT2D eigenvalue weighted by Gasteiger charge is 2.07. The third-order valence-electron chi connectivity index (χ3n) is 2.56. The molecule has 2 rings (SSSR count). The number of rotatable bonds is 2. The summed E-state index contributed by atoms with van der Waals surface area (Å²) in [6, 6.07) is 9.67. The first-order valence-corrected chi connectivity index (χ1v) is 5.59. The molecule has 82 valence electrons. The Kier molecular flexibility index (Phi) is 3.11. The van der Waals surface area contributed by atoms with E-state index in [1.807, 2.05) is 30.3 Å². The molecule has 2 aromatic rings. The van der Waals surface area contributed by atoms with E-state index in [0.717, 1.165) is 22.6 Å². The number of pyridine rings is 1. The molecule has 0 saturated carbocycles. The summed E-state index contributed by atoms with van der Waals surface area (Å²) in [6.07, 6.45) is 2.70. The summed E-state index contributed by atoms with van der Waals surface area (Å²) in [7, 11) is 0. The third-order valence-corrected chi connectivity index (χ3v) is 2.89. The Labute approximate surface area is 100 Å². The molecule has 1 aromatic carbocycles. The molecular formula is C13H13ClN2. The van der Waals surface area contributed by atoms with E-state index in [-0.39, 0.29) is 0 Å². The van der Waals surface area contributed by atoms with Crippen LogP contribution in [0.2, 0.25) is 5.02 Å². The predicted molar refractivity (Wildman–Crippen MR) is 68.5 cm³/mol. The monoisotopic (exact) mass is 232 g/mol. The van der Waals surface area contributed by atoms with Crippen molar-refractivity contribution >= 4 is 17.4 Å². The minimum absolute atomic E-state index is 0.549. The molecule has 0 saturated heterocycles. The summed E-state index contributed by atoms with van der Waals surface area (Å²) in [5.41, 5.74) is 8.91. The van der Waals surface area contributed by atoms with Gasteiger partial charge in [-0.1, -0.05) is 36.7 Å². The van der Waals surface area contributed by atoms with Crippen molar-refractivity contribution in [3.05, 3.63) is 47.1 Å². The Morgan fingerprint density at radius 3 is 2.69 bits per heavy atom. The van der Waals surface area contributed by atoms with Crippen molar-refractivity contribution in [2.75, 3.05) is 5.73 Å². The van der Waals surface area contributed by atoms with Crippen LogP contribution in [-0.2, 0) is 6.42 Å². The van der Waals surface area contributed by atoms with Gasteiger partial charge in [0.2, 0.25) is 0 Å². The van der Waals surface area contributed by atoms with Gasteiger partial charge in [0.05, 0.1) is 0 Å². The van der Waals surface area contributed by atoms with Crippen LogP contribution in [0.5, 0.6) is 0 Å². The van der Waals surface area contributed by atoms with Crippen LogP contribution in [0.1, 0.15) is 12.5 Å². The van der Waals surface area contributed by atoms with Gasteiger partial charge in [0.25, 0.3) is 0 Å². The number of aromatic nitrogens is 1. The molecule has 0 unspecified atom stereocenters. The second-order valence-electron chi connectivity index (χ2n) is 3.60. The fourth-order valence-corrected chi connectivity index (χ4v) is 1.97. The Balaban J connectivity index is 2.60. The highest BCUT2D eigenvalue weighted by atomic mass is 35.5. The molecule has 2 N–H and O–H groups in total. The van der Waals surface area contributed by atoms with Crippen molar-refractivity contribution in [2.24, 2.45) is 0 Å². The number of aryl methyl sites for hydroxylation is 1. The smallest absolute Gasteiger partial charge is 0.123 e. The molecule has 1 heterocycles. The van der Waals surface area contributed by atoms with Gasteiger partial charge in [-0.15, -0.1) is 0 Å². The molecule has 0 aliphatic carbocycles. The Hall–Kier alpha value is -1.54. The molecule has 3 heteroatoms. The van der Waals surface area contributed by atoms with Gasteiger partial charge in [0.1, 0.15) is 5.82 Å². The maximum atomic E-state index is 6.17. The van der Waals surface area contributed by atoms with Crippen LogP contribution < -0.4 is 5.73 Å². The maximum Gasteiger partial charge on any atom is 0.123 e. The second kappa shape index (κ2) is 4.54. The largest absolute Gasteiger partial charge is 0.384 e. The van der Waals surface area contributed by atoms with Gasteiger partial charge < -0.3 is 5.73 Å². The third kappa shape index (κ3) is 2.02. The van der Waals surface area contributed by atoms with Crippen molar-refractivity contribution < 1.29 is 0 Å².